The van der Waals surface area contributed by atoms with Gasteiger partial charge in [0, 0.05) is 235 Å². The molecule has 49 heteroatoms. The fraction of sp³-hybridized carbons (Fsp3) is 0.100. The van der Waals surface area contributed by atoms with Gasteiger partial charge < -0.3 is 9.67 Å². The second kappa shape index (κ2) is 636. The summed E-state index contributed by atoms with van der Waals surface area (Å²) in [7, 11) is 1.84. The van der Waals surface area contributed by atoms with Gasteiger partial charge in [-0.1, -0.05) is 18.2 Å². The maximum atomic E-state index is 10.8. The van der Waals surface area contributed by atoms with E-state index in [1.807, 2.05) is 35.9 Å². The first-order valence-corrected chi connectivity index (χ1v) is 7.26. The molecule has 0 aliphatic heterocycles. The van der Waals surface area contributed by atoms with E-state index in [1.165, 1.54) is 0 Å². The minimum absolute atomic E-state index is 0.359. The molecule has 0 saturated heterocycles. The van der Waals surface area contributed by atoms with Crippen molar-refractivity contribution in [3.05, 3.63) is 36.0 Å². The van der Waals surface area contributed by atoms with Crippen LogP contribution in [0.25, 0.3) is 10.9 Å². The monoisotopic (exact) mass is 1050 g/mol. The van der Waals surface area contributed by atoms with Crippen LogP contribution in [0, 0.1) is 0 Å². The number of para-hydroxylation sites is 1. The molecule has 0 unspecified atom stereocenters. The smallest absolute Gasteiger partial charge is 0.337 e. The van der Waals surface area contributed by atoms with Crippen LogP contribution < -0.4 is 0 Å². The number of carbonyl (C=O) groups is 1. The van der Waals surface area contributed by atoms with Gasteiger partial charge in [0.05, 0.1) is 5.56 Å². The lowest BCUT2D eigenvalue weighted by Gasteiger charge is -1.92. The molecule has 1 N–H and O–H groups in total. The van der Waals surface area contributed by atoms with E-state index in [2.05, 4.69) is 0 Å². The Kier molecular flexibility index (Phi) is 1600. The number of aromatic carboxylic acids is 1. The second-order valence-corrected chi connectivity index (χ2v) is 2.98. The Morgan fingerprint density at radius 3 is 0.644 bits per heavy atom. The zero-order chi connectivity index (χ0) is 55.4. The summed E-state index contributed by atoms with van der Waals surface area (Å²) < 4.78 is 370. The van der Waals surface area contributed by atoms with E-state index in [1.54, 1.807) is 6.20 Å². The van der Waals surface area contributed by atoms with Gasteiger partial charge in [0.1, 0.15) is 0 Å². The van der Waals surface area contributed by atoms with Gasteiger partial charge in [-0.05, 0) is 6.07 Å². The average molecular weight is 1050 g/mol. The van der Waals surface area contributed by atoms with Gasteiger partial charge in [0.2, 0.25) is 0 Å². The number of rotatable bonds is 1. The standard InChI is InChI=1S/C10H9NO2.23F2/c1-11-6-8(10(12)13)7-4-2-3-5-9(7)11;23*1-2/h2-6H,1H3,(H,12,13);;;;;;;;;;;;;;;;;;;;;;;. The maximum absolute atomic E-state index is 10.8. The molecule has 2 rings (SSSR count). The van der Waals surface area contributed by atoms with Gasteiger partial charge in [-0.3, -0.25) is 0 Å². The predicted molar refractivity (Wildman–Crippen MR) is 101 cm³/mol. The Balaban J connectivity index is -0.0000000131. The molecule has 0 radical (unpaired) electrons. The Bertz CT molecular complexity index is 516. The maximum Gasteiger partial charge on any atom is 0.337 e. The lowest BCUT2D eigenvalue weighted by atomic mass is 10.2. The lowest BCUT2D eigenvalue weighted by molar-refractivity contribution is 0.0698. The van der Waals surface area contributed by atoms with Crippen LogP contribution in [0.4, 0.5) is 210 Å². The largest absolute Gasteiger partial charge is 0.478 e. The molecule has 2 aromatic rings. The molecule has 3 nitrogen and oxygen atoms in total. The fourth-order valence-electron chi connectivity index (χ4n) is 1.51. The van der Waals surface area contributed by atoms with Crippen LogP contribution in [-0.2, 0) is 7.05 Å². The third-order valence-electron chi connectivity index (χ3n) is 2.13. The molecule has 0 bridgehead atoms. The minimum atomic E-state index is -0.878. The third-order valence-corrected chi connectivity index (χ3v) is 2.13. The van der Waals surface area contributed by atoms with Crippen LogP contribution in [0.5, 0.6) is 0 Å². The van der Waals surface area contributed by atoms with Crippen LogP contribution in [0.1, 0.15) is 10.4 Å². The molecule has 0 aliphatic rings. The van der Waals surface area contributed by atoms with Crippen molar-refractivity contribution >= 4 is 16.9 Å². The summed E-state index contributed by atoms with van der Waals surface area (Å²) in [6, 6.07) is 7.46. The number of nitrogens with zero attached hydrogens (tertiary/aromatic N) is 1. The number of halogens is 46. The number of benzene rings is 1. The third kappa shape index (κ3) is 285. The average Bonchev–Trinajstić information content (AvgIpc) is 3.79. The quantitative estimate of drug-likeness (QED) is 0.289. The minimum Gasteiger partial charge on any atom is -0.478 e. The van der Waals surface area contributed by atoms with Crippen molar-refractivity contribution in [2.75, 3.05) is 0 Å². The number of carboxylic acids is 1. The zero-order valence-electron chi connectivity index (χ0n) is 24.6. The number of hydrogen-bond acceptors (Lipinski definition) is 1. The fourth-order valence-corrected chi connectivity index (χ4v) is 1.51. The Labute approximate surface area is 287 Å². The first-order chi connectivity index (χ1) is 29.2. The van der Waals surface area contributed by atoms with E-state index in [9.17, 15) is 4.79 Å². The molecular formula is C10H9F46NO2. The number of fused-ring (bicyclic) bond motifs is 1. The topological polar surface area (TPSA) is 42.2 Å². The van der Waals surface area contributed by atoms with Crippen molar-refractivity contribution in [1.29, 1.82) is 0 Å². The molecule has 59 heavy (non-hydrogen) atoms. The molecule has 1 aromatic heterocycles. The molecule has 0 amide bonds. The Morgan fingerprint density at radius 1 is 0.339 bits per heavy atom. The summed E-state index contributed by atoms with van der Waals surface area (Å²) in [5, 5.41) is 9.67. The Hall–Kier alpha value is -4.99. The number of aromatic nitrogens is 1. The van der Waals surface area contributed by atoms with Crippen LogP contribution in [-0.4, -0.2) is 15.6 Å². The van der Waals surface area contributed by atoms with E-state index in [-0.39, 0.29) is 0 Å². The summed E-state index contributed by atoms with van der Waals surface area (Å²) in [5.74, 6) is -0.878. The number of carboxylic acid groups (broad SMARTS) is 1. The summed E-state index contributed by atoms with van der Waals surface area (Å²) in [5.41, 5.74) is 1.30. The normalized spacial score (nSPS) is 4.66. The molecular weight excluding hydrogens is 1040 g/mol. The van der Waals surface area contributed by atoms with Crippen LogP contribution in [0.3, 0.4) is 0 Å². The molecule has 0 atom stereocenters. The van der Waals surface area contributed by atoms with Crippen molar-refractivity contribution in [2.24, 2.45) is 7.05 Å². The number of hydrogen-bond donors (Lipinski definition) is 1. The van der Waals surface area contributed by atoms with Gasteiger partial charge in [-0.2, -0.15) is 0 Å². The molecule has 1 heterocycles. The van der Waals surface area contributed by atoms with Crippen molar-refractivity contribution in [2.45, 2.75) is 0 Å². The highest BCUT2D eigenvalue weighted by Crippen LogP contribution is 2.19. The van der Waals surface area contributed by atoms with E-state index in [0.717, 1.165) is 10.9 Å². The van der Waals surface area contributed by atoms with Crippen molar-refractivity contribution < 1.29 is 220 Å². The van der Waals surface area contributed by atoms with E-state index in [4.69, 9.17) is 216 Å². The zero-order valence-corrected chi connectivity index (χ0v) is 24.6. The molecule has 388 valence electrons. The summed E-state index contributed by atoms with van der Waals surface area (Å²) >= 11 is 0. The Morgan fingerprint density at radius 2 is 0.492 bits per heavy atom. The van der Waals surface area contributed by atoms with Crippen LogP contribution in [0.2, 0.25) is 0 Å². The van der Waals surface area contributed by atoms with Gasteiger partial charge >= 0.3 is 5.97 Å². The van der Waals surface area contributed by atoms with E-state index in [0.29, 0.717) is 5.56 Å². The lowest BCUT2D eigenvalue weighted by Crippen LogP contribution is -1.93. The van der Waals surface area contributed by atoms with Gasteiger partial charge in [-0.15, -0.1) is 0 Å². The number of aryl methyl sites for hydroxylation is 1. The van der Waals surface area contributed by atoms with Crippen LogP contribution >= 0.6 is 0 Å². The summed E-state index contributed by atoms with van der Waals surface area (Å²) in [6.07, 6.45) is 1.63. The van der Waals surface area contributed by atoms with Crippen molar-refractivity contribution in [3.63, 3.8) is 0 Å². The highest BCUT2D eigenvalue weighted by molar-refractivity contribution is 6.03. The van der Waals surface area contributed by atoms with Crippen molar-refractivity contribution in [1.82, 2.24) is 4.57 Å². The van der Waals surface area contributed by atoms with E-state index >= 15 is 0 Å². The van der Waals surface area contributed by atoms with E-state index < -0.39 is 5.97 Å². The summed E-state index contributed by atoms with van der Waals surface area (Å²) in [6.45, 7) is 0. The highest BCUT2D eigenvalue weighted by atomic mass is 20.0. The summed E-state index contributed by atoms with van der Waals surface area (Å²) in [4.78, 5) is 10.8. The first kappa shape index (κ1) is 148. The second-order valence-electron chi connectivity index (χ2n) is 2.98. The first-order valence-electron chi connectivity index (χ1n) is 7.26. The molecule has 0 aliphatic carbocycles. The molecule has 0 spiro atoms. The van der Waals surface area contributed by atoms with Gasteiger partial charge in [-0.25, -0.2) is 4.79 Å². The van der Waals surface area contributed by atoms with Crippen LogP contribution in [0.15, 0.2) is 30.5 Å². The highest BCUT2D eigenvalue weighted by Gasteiger charge is 2.10. The van der Waals surface area contributed by atoms with Gasteiger partial charge in [0.25, 0.3) is 0 Å². The molecule has 0 fully saturated rings. The molecule has 1 aromatic carbocycles. The predicted octanol–water partition coefficient (Wildman–Crippen LogP) is 21.2. The van der Waals surface area contributed by atoms with Crippen molar-refractivity contribution in [3.8, 4) is 0 Å². The van der Waals surface area contributed by atoms with Gasteiger partial charge in [0.15, 0.2) is 0 Å². The SMILES string of the molecule is Cn1cc(C(=O)O)c2ccccc21.FF.FF.FF.FF.FF.FF.FF.FF.FF.FF.FF.FF.FF.FF.FF.FF.FF.FF.FF.FF.FF.FF.FF. The molecule has 0 saturated carbocycles.